The number of nitrogens with one attached hydrogen (secondary N) is 1. The molecule has 0 aliphatic carbocycles. The molecule has 1 heterocycles. The first-order valence-corrected chi connectivity index (χ1v) is 8.98. The lowest BCUT2D eigenvalue weighted by Gasteiger charge is -2.34. The third-order valence-corrected chi connectivity index (χ3v) is 5.41. The summed E-state index contributed by atoms with van der Waals surface area (Å²) in [6.45, 7) is 10.3. The van der Waals surface area contributed by atoms with E-state index in [4.69, 9.17) is 0 Å². The largest absolute Gasteiger partial charge is 0.310 e. The van der Waals surface area contributed by atoms with Crippen molar-refractivity contribution in [1.82, 2.24) is 10.2 Å². The maximum atomic E-state index is 3.66. The van der Waals surface area contributed by atoms with E-state index in [-0.39, 0.29) is 0 Å². The van der Waals surface area contributed by atoms with Gasteiger partial charge < -0.3 is 5.32 Å². The third-order valence-electron chi connectivity index (χ3n) is 4.22. The molecule has 0 amide bonds. The monoisotopic (exact) mass is 292 g/mol. The summed E-state index contributed by atoms with van der Waals surface area (Å²) in [7, 11) is 0. The number of hydrogen-bond acceptors (Lipinski definition) is 3. The van der Waals surface area contributed by atoms with Gasteiger partial charge in [-0.15, -0.1) is 0 Å². The second-order valence-electron chi connectivity index (χ2n) is 5.72. The van der Waals surface area contributed by atoms with Crippen LogP contribution in [-0.4, -0.2) is 42.1 Å². The predicted molar refractivity (Wildman–Crippen MR) is 90.6 cm³/mol. The van der Waals surface area contributed by atoms with Crippen molar-refractivity contribution in [3.63, 3.8) is 0 Å². The molecule has 0 aromatic heterocycles. The minimum absolute atomic E-state index is 0.489. The number of thioether (sulfide) groups is 1. The van der Waals surface area contributed by atoms with E-state index in [9.17, 15) is 0 Å². The SMILES string of the molecule is CCNC(CCN1CCSCC1C)c1ccccc1C. The molecule has 1 saturated heterocycles. The molecule has 1 aliphatic rings. The van der Waals surface area contributed by atoms with Crippen LogP contribution >= 0.6 is 11.8 Å². The summed E-state index contributed by atoms with van der Waals surface area (Å²) in [5.41, 5.74) is 2.87. The topological polar surface area (TPSA) is 15.3 Å². The van der Waals surface area contributed by atoms with Gasteiger partial charge in [-0.1, -0.05) is 31.2 Å². The van der Waals surface area contributed by atoms with E-state index in [1.807, 2.05) is 0 Å². The zero-order valence-corrected chi connectivity index (χ0v) is 13.9. The van der Waals surface area contributed by atoms with Gasteiger partial charge in [-0.25, -0.2) is 0 Å². The van der Waals surface area contributed by atoms with E-state index in [0.717, 1.165) is 12.6 Å². The van der Waals surface area contributed by atoms with Crippen molar-refractivity contribution in [3.05, 3.63) is 35.4 Å². The molecule has 2 nitrogen and oxygen atoms in total. The van der Waals surface area contributed by atoms with Crippen LogP contribution in [0.25, 0.3) is 0 Å². The van der Waals surface area contributed by atoms with Crippen molar-refractivity contribution in [2.45, 2.75) is 39.3 Å². The predicted octanol–water partition coefficient (Wildman–Crippen LogP) is 3.47. The van der Waals surface area contributed by atoms with E-state index in [1.54, 1.807) is 0 Å². The fraction of sp³-hybridized carbons (Fsp3) is 0.647. The van der Waals surface area contributed by atoms with Crippen LogP contribution in [0.15, 0.2) is 24.3 Å². The Kier molecular flexibility index (Phi) is 6.40. The first kappa shape index (κ1) is 15.9. The van der Waals surface area contributed by atoms with Gasteiger partial charge in [0.2, 0.25) is 0 Å². The van der Waals surface area contributed by atoms with E-state index in [0.29, 0.717) is 6.04 Å². The van der Waals surface area contributed by atoms with Crippen LogP contribution in [0.1, 0.15) is 37.4 Å². The van der Waals surface area contributed by atoms with Gasteiger partial charge >= 0.3 is 0 Å². The van der Waals surface area contributed by atoms with Crippen molar-refractivity contribution >= 4 is 11.8 Å². The molecule has 1 N–H and O–H groups in total. The molecule has 1 aliphatic heterocycles. The summed E-state index contributed by atoms with van der Waals surface area (Å²) >= 11 is 2.09. The Balaban J connectivity index is 1.97. The fourth-order valence-electron chi connectivity index (χ4n) is 2.98. The lowest BCUT2D eigenvalue weighted by Crippen LogP contribution is -2.42. The molecule has 3 heteroatoms. The smallest absolute Gasteiger partial charge is 0.0334 e. The third kappa shape index (κ3) is 4.24. The van der Waals surface area contributed by atoms with Gasteiger partial charge in [0.05, 0.1) is 0 Å². The van der Waals surface area contributed by atoms with Gasteiger partial charge in [-0.3, -0.25) is 4.90 Å². The van der Waals surface area contributed by atoms with Crippen molar-refractivity contribution in [1.29, 1.82) is 0 Å². The molecule has 0 bridgehead atoms. The van der Waals surface area contributed by atoms with Crippen molar-refractivity contribution in [2.75, 3.05) is 31.1 Å². The summed E-state index contributed by atoms with van der Waals surface area (Å²) in [4.78, 5) is 2.65. The van der Waals surface area contributed by atoms with Crippen molar-refractivity contribution in [2.24, 2.45) is 0 Å². The molecule has 0 saturated carbocycles. The maximum Gasteiger partial charge on any atom is 0.0334 e. The summed E-state index contributed by atoms with van der Waals surface area (Å²) in [6.07, 6.45) is 1.20. The van der Waals surface area contributed by atoms with Crippen LogP contribution in [0, 0.1) is 6.92 Å². The van der Waals surface area contributed by atoms with Gasteiger partial charge in [0.15, 0.2) is 0 Å². The number of hydrogen-bond donors (Lipinski definition) is 1. The highest BCUT2D eigenvalue weighted by atomic mass is 32.2. The fourth-order valence-corrected chi connectivity index (χ4v) is 4.06. The first-order chi connectivity index (χ1) is 9.72. The molecule has 112 valence electrons. The zero-order valence-electron chi connectivity index (χ0n) is 13.1. The Morgan fingerprint density at radius 3 is 2.90 bits per heavy atom. The molecule has 2 atom stereocenters. The second kappa shape index (κ2) is 8.06. The zero-order chi connectivity index (χ0) is 14.4. The molecule has 20 heavy (non-hydrogen) atoms. The normalized spacial score (nSPS) is 21.9. The molecule has 0 radical (unpaired) electrons. The molecular weight excluding hydrogens is 264 g/mol. The molecule has 2 unspecified atom stereocenters. The molecule has 0 spiro atoms. The molecular formula is C17H28N2S. The lowest BCUT2D eigenvalue weighted by atomic mass is 9.98. The maximum absolute atomic E-state index is 3.66. The van der Waals surface area contributed by atoms with Crippen LogP contribution in [0.3, 0.4) is 0 Å². The first-order valence-electron chi connectivity index (χ1n) is 7.83. The van der Waals surface area contributed by atoms with Crippen LogP contribution in [0.5, 0.6) is 0 Å². The Morgan fingerprint density at radius 2 is 2.20 bits per heavy atom. The number of rotatable bonds is 6. The highest BCUT2D eigenvalue weighted by molar-refractivity contribution is 7.99. The number of benzene rings is 1. The number of nitrogens with zero attached hydrogens (tertiary/aromatic N) is 1. The lowest BCUT2D eigenvalue weighted by molar-refractivity contribution is 0.219. The highest BCUT2D eigenvalue weighted by Crippen LogP contribution is 2.23. The van der Waals surface area contributed by atoms with E-state index in [1.165, 1.54) is 42.1 Å². The average Bonchev–Trinajstić information content (AvgIpc) is 2.46. The summed E-state index contributed by atoms with van der Waals surface area (Å²) in [5, 5.41) is 3.66. The van der Waals surface area contributed by atoms with Gasteiger partial charge in [-0.2, -0.15) is 11.8 Å². The Hall–Kier alpha value is -0.510. The highest BCUT2D eigenvalue weighted by Gasteiger charge is 2.20. The van der Waals surface area contributed by atoms with Gasteiger partial charge in [-0.05, 0) is 37.9 Å². The second-order valence-corrected chi connectivity index (χ2v) is 6.87. The quantitative estimate of drug-likeness (QED) is 0.864. The van der Waals surface area contributed by atoms with Gasteiger partial charge in [0.25, 0.3) is 0 Å². The van der Waals surface area contributed by atoms with Gasteiger partial charge in [0, 0.05) is 36.7 Å². The number of aryl methyl sites for hydroxylation is 1. The van der Waals surface area contributed by atoms with Crippen LogP contribution in [0.2, 0.25) is 0 Å². The van der Waals surface area contributed by atoms with Crippen LogP contribution < -0.4 is 5.32 Å². The standard InChI is InChI=1S/C17H28N2S/c1-4-18-17(16-8-6-5-7-14(16)2)9-10-19-11-12-20-13-15(19)3/h5-8,15,17-18H,4,9-13H2,1-3H3. The summed E-state index contributed by atoms with van der Waals surface area (Å²) in [6, 6.07) is 10.0. The van der Waals surface area contributed by atoms with Crippen LogP contribution in [-0.2, 0) is 0 Å². The molecule has 1 aromatic rings. The minimum atomic E-state index is 0.489. The molecule has 1 fully saturated rings. The summed E-state index contributed by atoms with van der Waals surface area (Å²) < 4.78 is 0. The Morgan fingerprint density at radius 1 is 1.40 bits per heavy atom. The van der Waals surface area contributed by atoms with Crippen LogP contribution in [0.4, 0.5) is 0 Å². The van der Waals surface area contributed by atoms with E-state index in [2.05, 4.69) is 67.0 Å². The molecule has 2 rings (SSSR count). The van der Waals surface area contributed by atoms with Crippen molar-refractivity contribution < 1.29 is 0 Å². The van der Waals surface area contributed by atoms with Gasteiger partial charge in [0.1, 0.15) is 0 Å². The van der Waals surface area contributed by atoms with E-state index >= 15 is 0 Å². The Labute approximate surface area is 128 Å². The average molecular weight is 292 g/mol. The minimum Gasteiger partial charge on any atom is -0.310 e. The van der Waals surface area contributed by atoms with Crippen molar-refractivity contribution in [3.8, 4) is 0 Å². The summed E-state index contributed by atoms with van der Waals surface area (Å²) in [5.74, 6) is 2.58. The van der Waals surface area contributed by atoms with E-state index < -0.39 is 0 Å². The molecule has 1 aromatic carbocycles. The Bertz CT molecular complexity index is 408.